The molecule has 0 aliphatic heterocycles. The lowest BCUT2D eigenvalue weighted by Crippen LogP contribution is -2.30. The maximum absolute atomic E-state index is 13.7. The number of aryl methyl sites for hydroxylation is 1. The Hall–Kier alpha value is -2.89. The number of carbonyl (C=O) groups is 1. The first-order valence-corrected chi connectivity index (χ1v) is 11.9. The third kappa shape index (κ3) is 4.95. The van der Waals surface area contributed by atoms with E-state index in [9.17, 15) is 4.79 Å². The normalized spacial score (nSPS) is 11.0. The highest BCUT2D eigenvalue weighted by Gasteiger charge is 2.23. The number of nitrogens with zero attached hydrogens (tertiary/aromatic N) is 2. The van der Waals surface area contributed by atoms with Gasteiger partial charge in [-0.05, 0) is 54.8 Å². The van der Waals surface area contributed by atoms with Gasteiger partial charge in [-0.1, -0.05) is 72.7 Å². The fourth-order valence-electron chi connectivity index (χ4n) is 3.41. The molecule has 1 heterocycles. The zero-order valence-corrected chi connectivity index (χ0v) is 19.7. The van der Waals surface area contributed by atoms with Crippen LogP contribution in [0.1, 0.15) is 41.3 Å². The zero-order valence-electron chi connectivity index (χ0n) is 18.2. The summed E-state index contributed by atoms with van der Waals surface area (Å²) in [4.78, 5) is 20.2. The maximum Gasteiger partial charge on any atom is 0.260 e. The second-order valence-electron chi connectivity index (χ2n) is 7.62. The van der Waals surface area contributed by atoms with E-state index in [1.54, 1.807) is 4.90 Å². The monoisotopic (exact) mass is 464 g/mol. The predicted octanol–water partition coefficient (Wildman–Crippen LogP) is 7.28. The molecule has 4 nitrogen and oxygen atoms in total. The van der Waals surface area contributed by atoms with Crippen LogP contribution in [-0.2, 0) is 6.54 Å². The third-order valence-electron chi connectivity index (χ3n) is 5.24. The number of fused-ring (bicyclic) bond motifs is 1. The van der Waals surface area contributed by atoms with E-state index in [0.29, 0.717) is 34.6 Å². The Morgan fingerprint density at radius 3 is 2.69 bits per heavy atom. The molecule has 3 aromatic carbocycles. The summed E-state index contributed by atoms with van der Waals surface area (Å²) in [6, 6.07) is 21.2. The summed E-state index contributed by atoms with van der Waals surface area (Å²) < 4.78 is 6.82. The molecule has 0 saturated heterocycles. The van der Waals surface area contributed by atoms with E-state index in [2.05, 4.69) is 6.92 Å². The van der Waals surface area contributed by atoms with Crippen molar-refractivity contribution in [2.45, 2.75) is 33.2 Å². The first-order valence-electron chi connectivity index (χ1n) is 10.7. The van der Waals surface area contributed by atoms with E-state index < -0.39 is 0 Å². The van der Waals surface area contributed by atoms with Gasteiger partial charge in [-0.25, -0.2) is 4.98 Å². The number of ether oxygens (including phenoxy) is 1. The molecule has 0 N–H and O–H groups in total. The van der Waals surface area contributed by atoms with Gasteiger partial charge < -0.3 is 4.74 Å². The number of hydrogen-bond donors (Lipinski definition) is 0. The number of carbonyl (C=O) groups excluding carboxylic acids is 1. The number of hydrogen-bond acceptors (Lipinski definition) is 4. The highest BCUT2D eigenvalue weighted by atomic mass is 35.5. The van der Waals surface area contributed by atoms with Crippen LogP contribution >= 0.6 is 22.9 Å². The molecule has 0 saturated carbocycles. The Bertz CT molecular complexity index is 1220. The predicted molar refractivity (Wildman–Crippen MR) is 133 cm³/mol. The molecule has 164 valence electrons. The van der Waals surface area contributed by atoms with E-state index >= 15 is 0 Å². The quantitative estimate of drug-likeness (QED) is 0.257. The van der Waals surface area contributed by atoms with Crippen molar-refractivity contribution in [3.05, 3.63) is 88.4 Å². The van der Waals surface area contributed by atoms with Crippen LogP contribution in [0.4, 0.5) is 5.13 Å². The summed E-state index contributed by atoms with van der Waals surface area (Å²) in [6.07, 6.45) is 2.04. The van der Waals surface area contributed by atoms with Crippen molar-refractivity contribution in [2.75, 3.05) is 11.5 Å². The Labute approximate surface area is 197 Å². The molecule has 6 heteroatoms. The van der Waals surface area contributed by atoms with Gasteiger partial charge in [0.15, 0.2) is 5.13 Å². The number of rotatable bonds is 8. The van der Waals surface area contributed by atoms with Crippen molar-refractivity contribution in [3.63, 3.8) is 0 Å². The Balaban J connectivity index is 1.71. The number of unbranched alkanes of at least 4 members (excludes halogenated alkanes) is 1. The van der Waals surface area contributed by atoms with E-state index in [1.165, 1.54) is 11.3 Å². The lowest BCUT2D eigenvalue weighted by Gasteiger charge is -2.20. The zero-order chi connectivity index (χ0) is 22.5. The molecule has 0 aliphatic rings. The second kappa shape index (κ2) is 10.2. The third-order valence-corrected chi connectivity index (χ3v) is 6.70. The largest absolute Gasteiger partial charge is 0.494 e. The molecule has 4 aromatic rings. The first-order chi connectivity index (χ1) is 15.6. The van der Waals surface area contributed by atoms with E-state index in [4.69, 9.17) is 21.3 Å². The van der Waals surface area contributed by atoms with Crippen LogP contribution in [0.3, 0.4) is 0 Å². The Kier molecular flexibility index (Phi) is 7.08. The van der Waals surface area contributed by atoms with Gasteiger partial charge in [0.2, 0.25) is 0 Å². The van der Waals surface area contributed by atoms with E-state index in [-0.39, 0.29) is 5.91 Å². The summed E-state index contributed by atoms with van der Waals surface area (Å²) in [5.74, 6) is 0.591. The van der Waals surface area contributed by atoms with Gasteiger partial charge >= 0.3 is 0 Å². The van der Waals surface area contributed by atoms with E-state index in [0.717, 1.165) is 34.2 Å². The SMILES string of the molecule is CCCCOc1cccc(C(=O)N(Cc2ccccc2)c2nc3c(C)c(Cl)ccc3s2)c1. The van der Waals surface area contributed by atoms with Crippen molar-refractivity contribution >= 4 is 44.2 Å². The van der Waals surface area contributed by atoms with Crippen molar-refractivity contribution < 1.29 is 9.53 Å². The average Bonchev–Trinajstić information content (AvgIpc) is 3.25. The lowest BCUT2D eigenvalue weighted by atomic mass is 10.1. The summed E-state index contributed by atoms with van der Waals surface area (Å²) in [7, 11) is 0. The van der Waals surface area contributed by atoms with Gasteiger partial charge in [0.25, 0.3) is 5.91 Å². The summed E-state index contributed by atoms with van der Waals surface area (Å²) in [6.45, 7) is 5.14. The van der Waals surface area contributed by atoms with Crippen LogP contribution in [0, 0.1) is 6.92 Å². The van der Waals surface area contributed by atoms with Gasteiger partial charge in [0, 0.05) is 10.6 Å². The van der Waals surface area contributed by atoms with Crippen molar-refractivity contribution in [2.24, 2.45) is 0 Å². The van der Waals surface area contributed by atoms with Crippen LogP contribution in [0.2, 0.25) is 5.02 Å². The van der Waals surface area contributed by atoms with E-state index in [1.807, 2.05) is 73.7 Å². The van der Waals surface area contributed by atoms with Crippen LogP contribution in [-0.4, -0.2) is 17.5 Å². The molecule has 0 bridgehead atoms. The topological polar surface area (TPSA) is 42.4 Å². The highest BCUT2D eigenvalue weighted by Crippen LogP contribution is 2.35. The lowest BCUT2D eigenvalue weighted by molar-refractivity contribution is 0.0984. The van der Waals surface area contributed by atoms with Crippen LogP contribution < -0.4 is 9.64 Å². The number of aromatic nitrogens is 1. The average molecular weight is 465 g/mol. The van der Waals surface area contributed by atoms with Gasteiger partial charge in [-0.15, -0.1) is 0 Å². The fraction of sp³-hybridized carbons (Fsp3) is 0.231. The van der Waals surface area contributed by atoms with Gasteiger partial charge in [0.05, 0.1) is 23.4 Å². The number of thiazole rings is 1. The van der Waals surface area contributed by atoms with Gasteiger partial charge in [-0.3, -0.25) is 9.69 Å². The second-order valence-corrected chi connectivity index (χ2v) is 9.04. The summed E-state index contributed by atoms with van der Waals surface area (Å²) >= 11 is 7.80. The molecule has 4 rings (SSSR count). The molecule has 1 aromatic heterocycles. The molecule has 0 spiro atoms. The first kappa shape index (κ1) is 22.3. The minimum Gasteiger partial charge on any atom is -0.494 e. The maximum atomic E-state index is 13.7. The summed E-state index contributed by atoms with van der Waals surface area (Å²) in [5, 5.41) is 1.32. The molecular formula is C26H25ClN2O2S. The number of anilines is 1. The van der Waals surface area contributed by atoms with Gasteiger partial charge in [-0.2, -0.15) is 0 Å². The van der Waals surface area contributed by atoms with Crippen LogP contribution in [0.15, 0.2) is 66.7 Å². The smallest absolute Gasteiger partial charge is 0.260 e. The molecule has 0 atom stereocenters. The molecule has 0 radical (unpaired) electrons. The minimum absolute atomic E-state index is 0.113. The molecule has 32 heavy (non-hydrogen) atoms. The Morgan fingerprint density at radius 1 is 1.09 bits per heavy atom. The number of benzene rings is 3. The summed E-state index contributed by atoms with van der Waals surface area (Å²) in [5.41, 5.74) is 3.36. The standard InChI is InChI=1S/C26H25ClN2O2S/c1-3-4-15-31-21-12-8-11-20(16-21)25(30)29(17-19-9-6-5-7-10-19)26-28-24-18(2)22(27)13-14-23(24)32-26/h5-14,16H,3-4,15,17H2,1-2H3. The van der Waals surface area contributed by atoms with Crippen LogP contribution in [0.5, 0.6) is 5.75 Å². The molecule has 0 aliphatic carbocycles. The molecule has 1 amide bonds. The fourth-order valence-corrected chi connectivity index (χ4v) is 4.58. The molecular weight excluding hydrogens is 440 g/mol. The van der Waals surface area contributed by atoms with Crippen molar-refractivity contribution in [1.29, 1.82) is 0 Å². The van der Waals surface area contributed by atoms with Crippen LogP contribution in [0.25, 0.3) is 10.2 Å². The molecule has 0 unspecified atom stereocenters. The Morgan fingerprint density at radius 2 is 1.91 bits per heavy atom. The minimum atomic E-state index is -0.113. The molecule has 0 fully saturated rings. The number of halogens is 1. The number of amides is 1. The van der Waals surface area contributed by atoms with Crippen molar-refractivity contribution in [1.82, 2.24) is 4.98 Å². The van der Waals surface area contributed by atoms with Gasteiger partial charge in [0.1, 0.15) is 5.75 Å². The van der Waals surface area contributed by atoms with Crippen molar-refractivity contribution in [3.8, 4) is 5.75 Å². The highest BCUT2D eigenvalue weighted by molar-refractivity contribution is 7.22.